The quantitative estimate of drug-likeness (QED) is 0.0911. The molecule has 2 amide bonds. The third-order valence-corrected chi connectivity index (χ3v) is 6.78. The van der Waals surface area contributed by atoms with E-state index in [1.54, 1.807) is 30.3 Å². The summed E-state index contributed by atoms with van der Waals surface area (Å²) in [7, 11) is 0. The molecule has 234 valence electrons. The number of amides is 2. The molecular formula is C29H39Cl2F3N4O4. The van der Waals surface area contributed by atoms with Crippen LogP contribution in [0.15, 0.2) is 59.9 Å². The van der Waals surface area contributed by atoms with Crippen LogP contribution < -0.4 is 10.6 Å². The molecule has 8 nitrogen and oxygen atoms in total. The average molecular weight is 636 g/mol. The van der Waals surface area contributed by atoms with Crippen molar-refractivity contribution in [3.05, 3.63) is 76.2 Å². The Bertz CT molecular complexity index is 1090. The third-order valence-electron chi connectivity index (χ3n) is 6.61. The predicted octanol–water partition coefficient (Wildman–Crippen LogP) is 7.00. The van der Waals surface area contributed by atoms with Crippen molar-refractivity contribution in [3.8, 4) is 0 Å². The lowest BCUT2D eigenvalue weighted by Crippen LogP contribution is -2.44. The van der Waals surface area contributed by atoms with Gasteiger partial charge in [-0.05, 0) is 68.7 Å². The Kier molecular flexibility index (Phi) is 17.1. The van der Waals surface area contributed by atoms with Crippen molar-refractivity contribution in [2.45, 2.75) is 64.2 Å². The fourth-order valence-corrected chi connectivity index (χ4v) is 4.48. The van der Waals surface area contributed by atoms with E-state index in [0.29, 0.717) is 24.1 Å². The number of hydrogen-bond acceptors (Lipinski definition) is 6. The number of ether oxygens (including phenoxy) is 1. The maximum absolute atomic E-state index is 12.7. The molecule has 1 aliphatic rings. The number of nitrogens with zero attached hydrogens (tertiary/aromatic N) is 2. The standard InChI is InChI=1S/C19H20F3NO2.C10H18ClN3O2.ClH/c1-14(12-15-6-5-9-17(13-15)19(20,21)22)23-10-11-25-18(24)16-7-3-2-4-8-16;1-8-2-4-9(5-3-8)12-10(15)14(13-16)7-6-11;/h2-9,13-14,23H,10-12H2,1H3;8-9H,2-7H2,1H3,(H,12,15);1H. The lowest BCUT2D eigenvalue weighted by Gasteiger charge is -2.27. The molecule has 0 radical (unpaired) electrons. The molecule has 2 N–H and O–H groups in total. The Labute approximate surface area is 256 Å². The minimum absolute atomic E-state index is 0. The molecule has 0 spiro atoms. The number of alkyl halides is 4. The number of benzene rings is 2. The molecule has 2 aromatic rings. The van der Waals surface area contributed by atoms with E-state index in [1.165, 1.54) is 6.07 Å². The molecular weight excluding hydrogens is 596 g/mol. The molecule has 1 fully saturated rings. The fourth-order valence-electron chi connectivity index (χ4n) is 4.32. The molecule has 0 saturated heterocycles. The number of nitrogens with one attached hydrogen (secondary N) is 2. The van der Waals surface area contributed by atoms with Crippen LogP contribution in [0.1, 0.15) is 61.0 Å². The summed E-state index contributed by atoms with van der Waals surface area (Å²) in [6.45, 7) is 4.86. The van der Waals surface area contributed by atoms with E-state index in [9.17, 15) is 27.7 Å². The zero-order valence-corrected chi connectivity index (χ0v) is 25.3. The number of esters is 1. The van der Waals surface area contributed by atoms with E-state index in [2.05, 4.69) is 22.8 Å². The first kappa shape index (κ1) is 37.1. The first-order valence-corrected chi connectivity index (χ1v) is 14.2. The Morgan fingerprint density at radius 2 is 1.76 bits per heavy atom. The third kappa shape index (κ3) is 13.8. The second kappa shape index (κ2) is 19.3. The SMILES string of the molecule is CC(Cc1cccc(C(F)(F)F)c1)NCCOC(=O)c1ccccc1.CC1CCC(NC(=O)N(CCCl)N=O)CC1.Cl. The first-order chi connectivity index (χ1) is 19.5. The molecule has 1 aliphatic carbocycles. The molecule has 0 heterocycles. The summed E-state index contributed by atoms with van der Waals surface area (Å²) in [5.74, 6) is 0.546. The zero-order valence-electron chi connectivity index (χ0n) is 23.7. The van der Waals surface area contributed by atoms with Crippen molar-refractivity contribution < 1.29 is 27.5 Å². The minimum atomic E-state index is -4.34. The first-order valence-electron chi connectivity index (χ1n) is 13.6. The normalized spacial score (nSPS) is 17.0. The highest BCUT2D eigenvalue weighted by atomic mass is 35.5. The van der Waals surface area contributed by atoms with Gasteiger partial charge in [0.05, 0.1) is 23.0 Å². The Balaban J connectivity index is 0.000000450. The van der Waals surface area contributed by atoms with E-state index in [0.717, 1.165) is 48.7 Å². The van der Waals surface area contributed by atoms with Gasteiger partial charge in [0, 0.05) is 24.5 Å². The smallest absolute Gasteiger partial charge is 0.416 e. The summed E-state index contributed by atoms with van der Waals surface area (Å²) in [5.41, 5.74) is 0.449. The number of nitroso groups, excluding NO2 is 1. The summed E-state index contributed by atoms with van der Waals surface area (Å²) in [6, 6.07) is 13.7. The van der Waals surface area contributed by atoms with Crippen molar-refractivity contribution in [2.75, 3.05) is 25.6 Å². The minimum Gasteiger partial charge on any atom is -0.461 e. The van der Waals surface area contributed by atoms with Crippen LogP contribution in [-0.2, 0) is 17.3 Å². The number of carbonyl (C=O) groups excluding carboxylic acids is 2. The summed E-state index contributed by atoms with van der Waals surface area (Å²) in [4.78, 5) is 33.7. The molecule has 42 heavy (non-hydrogen) atoms. The van der Waals surface area contributed by atoms with Crippen LogP contribution in [0, 0.1) is 10.8 Å². The van der Waals surface area contributed by atoms with Crippen molar-refractivity contribution in [3.63, 3.8) is 0 Å². The molecule has 1 atom stereocenters. The Morgan fingerprint density at radius 1 is 1.10 bits per heavy atom. The van der Waals surface area contributed by atoms with Crippen molar-refractivity contribution >= 4 is 36.0 Å². The van der Waals surface area contributed by atoms with Gasteiger partial charge >= 0.3 is 18.2 Å². The van der Waals surface area contributed by atoms with Gasteiger partial charge in [-0.25, -0.2) is 9.59 Å². The van der Waals surface area contributed by atoms with Gasteiger partial charge in [-0.3, -0.25) is 0 Å². The number of carbonyl (C=O) groups is 2. The summed E-state index contributed by atoms with van der Waals surface area (Å²) in [6.07, 6.45) is 0.305. The maximum Gasteiger partial charge on any atom is 0.416 e. The van der Waals surface area contributed by atoms with Crippen molar-refractivity contribution in [2.24, 2.45) is 11.2 Å². The summed E-state index contributed by atoms with van der Waals surface area (Å²) < 4.78 is 43.3. The van der Waals surface area contributed by atoms with Crippen molar-refractivity contribution in [1.29, 1.82) is 0 Å². The molecule has 13 heteroatoms. The number of urea groups is 1. The topological polar surface area (TPSA) is 100 Å². The molecule has 3 rings (SSSR count). The highest BCUT2D eigenvalue weighted by Crippen LogP contribution is 2.29. The molecule has 2 aromatic carbocycles. The van der Waals surface area contributed by atoms with E-state index >= 15 is 0 Å². The molecule has 0 bridgehead atoms. The van der Waals surface area contributed by atoms with Gasteiger partial charge in [0.2, 0.25) is 0 Å². The number of hydrogen-bond donors (Lipinski definition) is 2. The van der Waals surface area contributed by atoms with Gasteiger partial charge < -0.3 is 15.4 Å². The van der Waals surface area contributed by atoms with E-state index in [1.807, 2.05) is 13.0 Å². The predicted molar refractivity (Wildman–Crippen MR) is 160 cm³/mol. The van der Waals surface area contributed by atoms with E-state index < -0.39 is 23.7 Å². The molecule has 1 saturated carbocycles. The van der Waals surface area contributed by atoms with Gasteiger partial charge in [-0.15, -0.1) is 28.9 Å². The monoisotopic (exact) mass is 634 g/mol. The van der Waals surface area contributed by atoms with Gasteiger partial charge in [0.1, 0.15) is 6.61 Å². The molecule has 0 aromatic heterocycles. The lowest BCUT2D eigenvalue weighted by molar-refractivity contribution is -0.137. The zero-order chi connectivity index (χ0) is 30.3. The molecule has 1 unspecified atom stereocenters. The van der Waals surface area contributed by atoms with Crippen LogP contribution in [0.5, 0.6) is 0 Å². The highest BCUT2D eigenvalue weighted by molar-refractivity contribution is 6.18. The maximum atomic E-state index is 12.7. The second-order valence-corrected chi connectivity index (χ2v) is 10.4. The van der Waals surface area contributed by atoms with E-state index in [-0.39, 0.29) is 43.5 Å². The van der Waals surface area contributed by atoms with Crippen LogP contribution in [0.3, 0.4) is 0 Å². The Morgan fingerprint density at radius 3 is 2.36 bits per heavy atom. The van der Waals surface area contributed by atoms with Crippen molar-refractivity contribution in [1.82, 2.24) is 15.6 Å². The highest BCUT2D eigenvalue weighted by Gasteiger charge is 2.30. The summed E-state index contributed by atoms with van der Waals surface area (Å²) in [5, 5.41) is 9.43. The largest absolute Gasteiger partial charge is 0.461 e. The van der Waals surface area contributed by atoms with Crippen LogP contribution in [-0.4, -0.2) is 54.7 Å². The fraction of sp³-hybridized carbons (Fsp3) is 0.517. The van der Waals surface area contributed by atoms with Crippen LogP contribution in [0.25, 0.3) is 0 Å². The van der Waals surface area contributed by atoms with Gasteiger partial charge in [-0.1, -0.05) is 43.3 Å². The molecule has 0 aliphatic heterocycles. The number of rotatable bonds is 11. The summed E-state index contributed by atoms with van der Waals surface area (Å²) >= 11 is 5.46. The van der Waals surface area contributed by atoms with Gasteiger partial charge in [0.15, 0.2) is 0 Å². The van der Waals surface area contributed by atoms with Crippen LogP contribution >= 0.6 is 24.0 Å². The van der Waals surface area contributed by atoms with E-state index in [4.69, 9.17) is 16.3 Å². The Hall–Kier alpha value is -2.89. The van der Waals surface area contributed by atoms with Crippen LogP contribution in [0.4, 0.5) is 18.0 Å². The van der Waals surface area contributed by atoms with Crippen LogP contribution in [0.2, 0.25) is 0 Å². The number of halogens is 5. The van der Waals surface area contributed by atoms with Gasteiger partial charge in [-0.2, -0.15) is 18.2 Å². The lowest BCUT2D eigenvalue weighted by atomic mass is 9.87. The van der Waals surface area contributed by atoms with Gasteiger partial charge in [0.25, 0.3) is 0 Å². The second-order valence-electron chi connectivity index (χ2n) is 10.1. The average Bonchev–Trinajstić information content (AvgIpc) is 2.95.